The summed E-state index contributed by atoms with van der Waals surface area (Å²) in [6.45, 7) is 0.352. The number of halogens is 1. The summed E-state index contributed by atoms with van der Waals surface area (Å²) in [6, 6.07) is 9.45. The number of furan rings is 1. The van der Waals surface area contributed by atoms with Crippen molar-refractivity contribution in [2.24, 2.45) is 5.73 Å². The lowest BCUT2D eigenvalue weighted by atomic mass is 10.2. The molecule has 1 heterocycles. The highest BCUT2D eigenvalue weighted by Gasteiger charge is 2.11. The van der Waals surface area contributed by atoms with Gasteiger partial charge in [-0.3, -0.25) is 4.79 Å². The van der Waals surface area contributed by atoms with Crippen molar-refractivity contribution in [2.45, 2.75) is 13.1 Å². The van der Waals surface area contributed by atoms with Crippen LogP contribution in [0.2, 0.25) is 0 Å². The van der Waals surface area contributed by atoms with Gasteiger partial charge in [-0.05, 0) is 18.2 Å². The van der Waals surface area contributed by atoms with Crippen LogP contribution >= 0.6 is 0 Å². The van der Waals surface area contributed by atoms with Gasteiger partial charge in [0.15, 0.2) is 5.76 Å². The van der Waals surface area contributed by atoms with Gasteiger partial charge in [-0.2, -0.15) is 0 Å². The van der Waals surface area contributed by atoms with Crippen LogP contribution in [0.5, 0.6) is 0 Å². The maximum atomic E-state index is 13.3. The number of amides is 1. The third kappa shape index (κ3) is 2.75. The summed E-state index contributed by atoms with van der Waals surface area (Å²) < 4.78 is 18.5. The van der Waals surface area contributed by atoms with Crippen LogP contribution in [0, 0.1) is 5.82 Å². The largest absolute Gasteiger partial charge is 0.455 e. The van der Waals surface area contributed by atoms with Crippen molar-refractivity contribution in [1.82, 2.24) is 5.32 Å². The van der Waals surface area contributed by atoms with Crippen molar-refractivity contribution < 1.29 is 13.6 Å². The van der Waals surface area contributed by atoms with Gasteiger partial charge in [-0.15, -0.1) is 0 Å². The van der Waals surface area contributed by atoms with Crippen molar-refractivity contribution in [3.8, 4) is 0 Å². The van der Waals surface area contributed by atoms with Crippen LogP contribution < -0.4 is 11.1 Å². The zero-order chi connectivity index (χ0) is 13.0. The Balaban J connectivity index is 1.98. The molecule has 0 saturated heterocycles. The van der Waals surface area contributed by atoms with Crippen LogP contribution in [0.4, 0.5) is 4.39 Å². The Kier molecular flexibility index (Phi) is 3.74. The molecule has 0 spiro atoms. The normalized spacial score (nSPS) is 10.3. The molecule has 0 aliphatic rings. The zero-order valence-corrected chi connectivity index (χ0v) is 9.65. The van der Waals surface area contributed by atoms with E-state index in [9.17, 15) is 9.18 Å². The molecule has 0 radical (unpaired) electrons. The van der Waals surface area contributed by atoms with Gasteiger partial charge in [0, 0.05) is 12.1 Å². The van der Waals surface area contributed by atoms with E-state index in [1.807, 2.05) is 0 Å². The summed E-state index contributed by atoms with van der Waals surface area (Å²) >= 11 is 0. The minimum absolute atomic E-state index is 0.115. The zero-order valence-electron chi connectivity index (χ0n) is 9.65. The van der Waals surface area contributed by atoms with Crippen LogP contribution in [-0.4, -0.2) is 5.91 Å². The number of rotatable bonds is 4. The molecule has 5 heteroatoms. The molecule has 0 saturated carbocycles. The van der Waals surface area contributed by atoms with Crippen molar-refractivity contribution in [3.05, 3.63) is 59.3 Å². The van der Waals surface area contributed by atoms with Gasteiger partial charge < -0.3 is 15.5 Å². The lowest BCUT2D eigenvalue weighted by molar-refractivity contribution is 0.0921. The Morgan fingerprint density at radius 3 is 2.72 bits per heavy atom. The number of nitrogens with two attached hydrogens (primary N) is 1. The predicted molar refractivity (Wildman–Crippen MR) is 64.2 cm³/mol. The van der Waals surface area contributed by atoms with Crippen LogP contribution in [0.15, 0.2) is 40.8 Å². The topological polar surface area (TPSA) is 68.3 Å². The van der Waals surface area contributed by atoms with E-state index in [1.54, 1.807) is 30.3 Å². The summed E-state index contributed by atoms with van der Waals surface area (Å²) in [7, 11) is 0. The third-order valence-corrected chi connectivity index (χ3v) is 2.48. The van der Waals surface area contributed by atoms with E-state index in [-0.39, 0.29) is 24.7 Å². The van der Waals surface area contributed by atoms with E-state index in [0.29, 0.717) is 11.3 Å². The SMILES string of the molecule is NCc1ccc(C(=O)NCc2ccccc2F)o1. The van der Waals surface area contributed by atoms with Gasteiger partial charge in [-0.25, -0.2) is 4.39 Å². The van der Waals surface area contributed by atoms with Crippen molar-refractivity contribution in [3.63, 3.8) is 0 Å². The highest BCUT2D eigenvalue weighted by molar-refractivity contribution is 5.91. The van der Waals surface area contributed by atoms with E-state index in [2.05, 4.69) is 5.32 Å². The van der Waals surface area contributed by atoms with Crippen LogP contribution in [0.3, 0.4) is 0 Å². The fourth-order valence-corrected chi connectivity index (χ4v) is 1.51. The van der Waals surface area contributed by atoms with Gasteiger partial charge in [0.2, 0.25) is 0 Å². The number of hydrogen-bond acceptors (Lipinski definition) is 3. The Hall–Kier alpha value is -2.14. The lowest BCUT2D eigenvalue weighted by Crippen LogP contribution is -2.22. The van der Waals surface area contributed by atoms with Gasteiger partial charge in [-0.1, -0.05) is 18.2 Å². The van der Waals surface area contributed by atoms with Gasteiger partial charge in [0.1, 0.15) is 11.6 Å². The molecule has 1 aromatic carbocycles. The fraction of sp³-hybridized carbons (Fsp3) is 0.154. The van der Waals surface area contributed by atoms with Crippen molar-refractivity contribution in [1.29, 1.82) is 0 Å². The van der Waals surface area contributed by atoms with E-state index in [1.165, 1.54) is 6.07 Å². The number of carbonyl (C=O) groups excluding carboxylic acids is 1. The van der Waals surface area contributed by atoms with E-state index in [4.69, 9.17) is 10.2 Å². The van der Waals surface area contributed by atoms with Crippen molar-refractivity contribution >= 4 is 5.91 Å². The van der Waals surface area contributed by atoms with Crippen LogP contribution in [0.25, 0.3) is 0 Å². The molecule has 18 heavy (non-hydrogen) atoms. The molecule has 0 bridgehead atoms. The second-order valence-electron chi connectivity index (χ2n) is 3.74. The monoisotopic (exact) mass is 248 g/mol. The molecule has 94 valence electrons. The number of benzene rings is 1. The number of nitrogens with one attached hydrogen (secondary N) is 1. The smallest absolute Gasteiger partial charge is 0.287 e. The first-order valence-electron chi connectivity index (χ1n) is 5.51. The molecular weight excluding hydrogens is 235 g/mol. The Morgan fingerprint density at radius 2 is 2.06 bits per heavy atom. The molecule has 1 aromatic heterocycles. The summed E-state index contributed by atoms with van der Waals surface area (Å²) in [6.07, 6.45) is 0. The standard InChI is InChI=1S/C13H13FN2O2/c14-11-4-2-1-3-9(11)8-16-13(17)12-6-5-10(7-15)18-12/h1-6H,7-8,15H2,(H,16,17). The van der Waals surface area contributed by atoms with E-state index >= 15 is 0 Å². The van der Waals surface area contributed by atoms with Crippen LogP contribution in [-0.2, 0) is 13.1 Å². The Bertz CT molecular complexity index is 551. The molecule has 0 aliphatic heterocycles. The molecule has 3 N–H and O–H groups in total. The molecular formula is C13H13FN2O2. The molecule has 0 aliphatic carbocycles. The summed E-state index contributed by atoms with van der Waals surface area (Å²) in [4.78, 5) is 11.7. The molecule has 1 amide bonds. The van der Waals surface area contributed by atoms with E-state index in [0.717, 1.165) is 0 Å². The molecule has 4 nitrogen and oxygen atoms in total. The van der Waals surface area contributed by atoms with E-state index < -0.39 is 5.91 Å². The molecule has 2 aromatic rings. The molecule has 0 unspecified atom stereocenters. The summed E-state index contributed by atoms with van der Waals surface area (Å²) in [5.41, 5.74) is 5.80. The highest BCUT2D eigenvalue weighted by Crippen LogP contribution is 2.09. The first-order valence-corrected chi connectivity index (χ1v) is 5.51. The van der Waals surface area contributed by atoms with Crippen molar-refractivity contribution in [2.75, 3.05) is 0 Å². The summed E-state index contributed by atoms with van der Waals surface area (Å²) in [5, 5.41) is 2.58. The minimum Gasteiger partial charge on any atom is -0.455 e. The quantitative estimate of drug-likeness (QED) is 0.867. The molecule has 0 atom stereocenters. The second kappa shape index (κ2) is 5.46. The number of carbonyl (C=O) groups is 1. The molecule has 0 fully saturated rings. The minimum atomic E-state index is -0.391. The van der Waals surface area contributed by atoms with Gasteiger partial charge in [0.25, 0.3) is 5.91 Å². The summed E-state index contributed by atoms with van der Waals surface area (Å²) in [5.74, 6) is -0.0318. The first kappa shape index (κ1) is 12.3. The maximum Gasteiger partial charge on any atom is 0.287 e. The third-order valence-electron chi connectivity index (χ3n) is 2.48. The first-order chi connectivity index (χ1) is 8.70. The predicted octanol–water partition coefficient (Wildman–Crippen LogP) is 1.81. The van der Waals surface area contributed by atoms with Gasteiger partial charge in [0.05, 0.1) is 6.54 Å². The average Bonchev–Trinajstić information content (AvgIpc) is 2.86. The molecule has 2 rings (SSSR count). The second-order valence-corrected chi connectivity index (χ2v) is 3.74. The van der Waals surface area contributed by atoms with Gasteiger partial charge >= 0.3 is 0 Å². The average molecular weight is 248 g/mol. The maximum absolute atomic E-state index is 13.3. The Labute approximate surface area is 104 Å². The Morgan fingerprint density at radius 1 is 1.28 bits per heavy atom. The fourth-order valence-electron chi connectivity index (χ4n) is 1.51. The highest BCUT2D eigenvalue weighted by atomic mass is 19.1. The lowest BCUT2D eigenvalue weighted by Gasteiger charge is -2.04. The number of hydrogen-bond donors (Lipinski definition) is 2. The van der Waals surface area contributed by atoms with Crippen LogP contribution in [0.1, 0.15) is 21.9 Å².